The molecule has 11 heavy (non-hydrogen) atoms. The lowest BCUT2D eigenvalue weighted by atomic mass is 9.89. The number of halogens is 2. The molecule has 4 heteroatoms. The van der Waals surface area contributed by atoms with E-state index in [-0.39, 0.29) is 5.92 Å². The summed E-state index contributed by atoms with van der Waals surface area (Å²) in [7, 11) is 0. The van der Waals surface area contributed by atoms with Gasteiger partial charge >= 0.3 is 5.97 Å². The predicted octanol–water partition coefficient (Wildman–Crippen LogP) is 2.44. The van der Waals surface area contributed by atoms with E-state index in [0.29, 0.717) is 25.7 Å². The largest absolute Gasteiger partial charge is 0.481 e. The average molecular weight is 197 g/mol. The van der Waals surface area contributed by atoms with Crippen LogP contribution in [-0.2, 0) is 4.79 Å². The Labute approximate surface area is 75.5 Å². The van der Waals surface area contributed by atoms with Gasteiger partial charge in [0.25, 0.3) is 0 Å². The van der Waals surface area contributed by atoms with E-state index in [1.54, 1.807) is 0 Å². The summed E-state index contributed by atoms with van der Waals surface area (Å²) in [6, 6.07) is 0. The Morgan fingerprint density at radius 3 is 2.18 bits per heavy atom. The summed E-state index contributed by atoms with van der Waals surface area (Å²) in [6.45, 7) is 0. The zero-order valence-electron chi connectivity index (χ0n) is 6.02. The maximum absolute atomic E-state index is 10.5. The van der Waals surface area contributed by atoms with Gasteiger partial charge in [-0.25, -0.2) is 0 Å². The first-order chi connectivity index (χ1) is 5.01. The molecule has 0 unspecified atom stereocenters. The molecule has 64 valence electrons. The van der Waals surface area contributed by atoms with Crippen molar-refractivity contribution in [2.24, 2.45) is 5.92 Å². The fourth-order valence-corrected chi connectivity index (χ4v) is 1.72. The number of carboxylic acid groups (broad SMARTS) is 1. The lowest BCUT2D eigenvalue weighted by Gasteiger charge is -2.27. The first-order valence-electron chi connectivity index (χ1n) is 3.62. The summed E-state index contributed by atoms with van der Waals surface area (Å²) in [5.41, 5.74) is 0. The highest BCUT2D eigenvalue weighted by Gasteiger charge is 2.33. The van der Waals surface area contributed by atoms with Gasteiger partial charge in [0.1, 0.15) is 4.33 Å². The Morgan fingerprint density at radius 2 is 1.82 bits per heavy atom. The highest BCUT2D eigenvalue weighted by Crippen LogP contribution is 2.39. The van der Waals surface area contributed by atoms with Crippen molar-refractivity contribution in [3.8, 4) is 0 Å². The number of carboxylic acids is 1. The van der Waals surface area contributed by atoms with Crippen molar-refractivity contribution in [2.45, 2.75) is 30.0 Å². The molecule has 0 saturated heterocycles. The molecule has 0 atom stereocenters. The minimum Gasteiger partial charge on any atom is -0.481 e. The van der Waals surface area contributed by atoms with E-state index in [4.69, 9.17) is 28.3 Å². The van der Waals surface area contributed by atoms with E-state index >= 15 is 0 Å². The van der Waals surface area contributed by atoms with E-state index in [9.17, 15) is 4.79 Å². The zero-order chi connectivity index (χ0) is 8.48. The Kier molecular flexibility index (Phi) is 2.66. The topological polar surface area (TPSA) is 37.3 Å². The second-order valence-electron chi connectivity index (χ2n) is 2.97. The van der Waals surface area contributed by atoms with Gasteiger partial charge in [0.05, 0.1) is 5.92 Å². The molecule has 0 aliphatic heterocycles. The van der Waals surface area contributed by atoms with Crippen LogP contribution in [0.3, 0.4) is 0 Å². The molecular weight excluding hydrogens is 187 g/mol. The average Bonchev–Trinajstić information content (AvgIpc) is 1.86. The summed E-state index contributed by atoms with van der Waals surface area (Å²) in [5.74, 6) is -0.963. The van der Waals surface area contributed by atoms with Crippen LogP contribution < -0.4 is 0 Å². The summed E-state index contributed by atoms with van der Waals surface area (Å²) >= 11 is 11.6. The van der Waals surface area contributed by atoms with E-state index in [1.807, 2.05) is 0 Å². The predicted molar refractivity (Wildman–Crippen MR) is 44.0 cm³/mol. The molecule has 0 amide bonds. The maximum atomic E-state index is 10.5. The Morgan fingerprint density at radius 1 is 1.36 bits per heavy atom. The number of rotatable bonds is 1. The molecule has 0 heterocycles. The first kappa shape index (κ1) is 9.14. The summed E-state index contributed by atoms with van der Waals surface area (Å²) in [6.07, 6.45) is 2.38. The lowest BCUT2D eigenvalue weighted by Crippen LogP contribution is -2.26. The van der Waals surface area contributed by atoms with E-state index in [1.165, 1.54) is 0 Å². The molecular formula is C7H10Cl2O2. The van der Waals surface area contributed by atoms with Crippen LogP contribution in [-0.4, -0.2) is 15.4 Å². The van der Waals surface area contributed by atoms with Gasteiger partial charge < -0.3 is 5.11 Å². The van der Waals surface area contributed by atoms with Gasteiger partial charge in [-0.2, -0.15) is 0 Å². The lowest BCUT2D eigenvalue weighted by molar-refractivity contribution is -0.142. The quantitative estimate of drug-likeness (QED) is 0.655. The molecule has 0 bridgehead atoms. The van der Waals surface area contributed by atoms with Gasteiger partial charge in [-0.3, -0.25) is 4.79 Å². The fourth-order valence-electron chi connectivity index (χ4n) is 1.29. The number of hydrogen-bond acceptors (Lipinski definition) is 1. The summed E-state index contributed by atoms with van der Waals surface area (Å²) in [4.78, 5) is 10.5. The second kappa shape index (κ2) is 3.20. The molecule has 0 aromatic carbocycles. The standard InChI is InChI=1S/C7H10Cl2O2/c8-7(9)3-1-5(2-4-7)6(10)11/h5H,1-4H2,(H,10,11). The van der Waals surface area contributed by atoms with Crippen molar-refractivity contribution in [1.82, 2.24) is 0 Å². The Hall–Kier alpha value is 0.0500. The SMILES string of the molecule is O=C(O)C1CCC(Cl)(Cl)CC1. The van der Waals surface area contributed by atoms with Crippen LogP contribution in [0.2, 0.25) is 0 Å². The van der Waals surface area contributed by atoms with Crippen LogP contribution in [0.25, 0.3) is 0 Å². The molecule has 1 N–H and O–H groups in total. The third kappa shape index (κ3) is 2.53. The van der Waals surface area contributed by atoms with E-state index < -0.39 is 10.3 Å². The van der Waals surface area contributed by atoms with Crippen molar-refractivity contribution in [3.63, 3.8) is 0 Å². The monoisotopic (exact) mass is 196 g/mol. The highest BCUT2D eigenvalue weighted by molar-refractivity contribution is 6.48. The normalized spacial score (nSPS) is 24.9. The van der Waals surface area contributed by atoms with Crippen LogP contribution in [0.1, 0.15) is 25.7 Å². The maximum Gasteiger partial charge on any atom is 0.306 e. The van der Waals surface area contributed by atoms with Gasteiger partial charge in [-0.15, -0.1) is 23.2 Å². The highest BCUT2D eigenvalue weighted by atomic mass is 35.5. The molecule has 0 aromatic heterocycles. The number of aliphatic carboxylic acids is 1. The smallest absolute Gasteiger partial charge is 0.306 e. The van der Waals surface area contributed by atoms with E-state index in [2.05, 4.69) is 0 Å². The van der Waals surface area contributed by atoms with Gasteiger partial charge in [0, 0.05) is 0 Å². The van der Waals surface area contributed by atoms with Gasteiger partial charge in [-0.05, 0) is 25.7 Å². The van der Waals surface area contributed by atoms with Gasteiger partial charge in [0.15, 0.2) is 0 Å². The Bertz CT molecular complexity index is 158. The van der Waals surface area contributed by atoms with Crippen LogP contribution in [0.15, 0.2) is 0 Å². The summed E-state index contributed by atoms with van der Waals surface area (Å²) < 4.78 is -0.675. The fraction of sp³-hybridized carbons (Fsp3) is 0.857. The van der Waals surface area contributed by atoms with Crippen LogP contribution in [0.5, 0.6) is 0 Å². The summed E-state index contributed by atoms with van der Waals surface area (Å²) in [5, 5.41) is 8.62. The van der Waals surface area contributed by atoms with Crippen molar-refractivity contribution < 1.29 is 9.90 Å². The first-order valence-corrected chi connectivity index (χ1v) is 4.37. The van der Waals surface area contributed by atoms with Crippen molar-refractivity contribution in [3.05, 3.63) is 0 Å². The molecule has 1 saturated carbocycles. The van der Waals surface area contributed by atoms with Crippen LogP contribution in [0, 0.1) is 5.92 Å². The molecule has 1 fully saturated rings. The van der Waals surface area contributed by atoms with Crippen LogP contribution >= 0.6 is 23.2 Å². The second-order valence-corrected chi connectivity index (χ2v) is 4.61. The molecule has 2 nitrogen and oxygen atoms in total. The molecule has 1 rings (SSSR count). The Balaban J connectivity index is 2.42. The number of carbonyl (C=O) groups is 1. The van der Waals surface area contributed by atoms with Crippen molar-refractivity contribution >= 4 is 29.2 Å². The van der Waals surface area contributed by atoms with Crippen molar-refractivity contribution in [1.29, 1.82) is 0 Å². The third-order valence-electron chi connectivity index (χ3n) is 2.07. The molecule has 1 aliphatic rings. The molecule has 0 spiro atoms. The van der Waals surface area contributed by atoms with E-state index in [0.717, 1.165) is 0 Å². The third-order valence-corrected chi connectivity index (χ3v) is 2.82. The number of alkyl halides is 2. The molecule has 1 aliphatic carbocycles. The van der Waals surface area contributed by atoms with Crippen LogP contribution in [0.4, 0.5) is 0 Å². The minimum absolute atomic E-state index is 0.236. The van der Waals surface area contributed by atoms with Crippen molar-refractivity contribution in [2.75, 3.05) is 0 Å². The number of hydrogen-bond donors (Lipinski definition) is 1. The molecule has 0 radical (unpaired) electrons. The zero-order valence-corrected chi connectivity index (χ0v) is 7.53. The minimum atomic E-state index is -0.728. The molecule has 0 aromatic rings. The van der Waals surface area contributed by atoms with Gasteiger partial charge in [0.2, 0.25) is 0 Å². The van der Waals surface area contributed by atoms with Gasteiger partial charge in [-0.1, -0.05) is 0 Å².